The van der Waals surface area contributed by atoms with Crippen molar-refractivity contribution >= 4 is 56.1 Å². The fourth-order valence-electron chi connectivity index (χ4n) is 2.16. The van der Waals surface area contributed by atoms with Crippen LogP contribution in [0.15, 0.2) is 53.0 Å². The molecule has 0 aliphatic carbocycles. The number of carbonyl (C=O) groups excluding carboxylic acids is 2. The average Bonchev–Trinajstić information content (AvgIpc) is 2.50. The molecule has 1 unspecified atom stereocenters. The van der Waals surface area contributed by atoms with Crippen LogP contribution in [0.5, 0.6) is 0 Å². The number of hydrogen-bond donors (Lipinski definition) is 1. The number of carboxylic acid groups (broad SMARTS) is 1. The first-order valence-electron chi connectivity index (χ1n) is 6.95. The zero-order valence-electron chi connectivity index (χ0n) is 12.1. The molecule has 1 N–H and O–H groups in total. The summed E-state index contributed by atoms with van der Waals surface area (Å²) in [7, 11) is 0. The molecular weight excluding hydrogens is 473 g/mol. The number of carbonyl (C=O) groups is 2. The van der Waals surface area contributed by atoms with Crippen LogP contribution < -0.4 is 10.4 Å². The SMILES string of the molecule is O=C([O-])CC(Cc1ccc(Br)cc1)C(=O)Nc1ccccc1I. The van der Waals surface area contributed by atoms with E-state index in [2.05, 4.69) is 43.8 Å². The highest BCUT2D eigenvalue weighted by molar-refractivity contribution is 14.1. The van der Waals surface area contributed by atoms with Crippen molar-refractivity contribution in [2.45, 2.75) is 12.8 Å². The van der Waals surface area contributed by atoms with Crippen molar-refractivity contribution < 1.29 is 14.7 Å². The zero-order chi connectivity index (χ0) is 16.8. The molecular formula is C17H14BrINO3-. The topological polar surface area (TPSA) is 69.2 Å². The molecule has 0 spiro atoms. The summed E-state index contributed by atoms with van der Waals surface area (Å²) in [6.45, 7) is 0. The second-order valence-corrected chi connectivity index (χ2v) is 7.15. The molecule has 0 fully saturated rings. The molecule has 0 aliphatic rings. The Bertz CT molecular complexity index is 703. The second kappa shape index (κ2) is 8.44. The number of hydrogen-bond acceptors (Lipinski definition) is 3. The number of rotatable bonds is 6. The van der Waals surface area contributed by atoms with Gasteiger partial charge in [-0.05, 0) is 65.3 Å². The molecule has 4 nitrogen and oxygen atoms in total. The van der Waals surface area contributed by atoms with Crippen molar-refractivity contribution in [2.24, 2.45) is 5.92 Å². The van der Waals surface area contributed by atoms with Gasteiger partial charge in [-0.2, -0.15) is 0 Å². The van der Waals surface area contributed by atoms with E-state index in [0.717, 1.165) is 13.6 Å². The minimum absolute atomic E-state index is 0.314. The first kappa shape index (κ1) is 17.9. The van der Waals surface area contributed by atoms with Gasteiger partial charge in [0.15, 0.2) is 0 Å². The molecule has 0 radical (unpaired) electrons. The lowest BCUT2D eigenvalue weighted by Gasteiger charge is -2.18. The van der Waals surface area contributed by atoms with Crippen LogP contribution in [0, 0.1) is 9.49 Å². The minimum atomic E-state index is -1.23. The van der Waals surface area contributed by atoms with Crippen LogP contribution >= 0.6 is 38.5 Å². The molecule has 0 saturated heterocycles. The van der Waals surface area contributed by atoms with Gasteiger partial charge in [-0.3, -0.25) is 4.79 Å². The molecule has 2 aromatic rings. The normalized spacial score (nSPS) is 11.7. The fourth-order valence-corrected chi connectivity index (χ4v) is 2.95. The monoisotopic (exact) mass is 486 g/mol. The Hall–Kier alpha value is -1.41. The lowest BCUT2D eigenvalue weighted by molar-refractivity contribution is -0.306. The summed E-state index contributed by atoms with van der Waals surface area (Å²) < 4.78 is 1.83. The molecule has 2 rings (SSSR count). The summed E-state index contributed by atoms with van der Waals surface area (Å²) in [5, 5.41) is 13.8. The van der Waals surface area contributed by atoms with Crippen LogP contribution in [0.2, 0.25) is 0 Å². The van der Waals surface area contributed by atoms with Crippen molar-refractivity contribution in [1.29, 1.82) is 0 Å². The van der Waals surface area contributed by atoms with Gasteiger partial charge in [0, 0.05) is 19.9 Å². The number of aliphatic carboxylic acids is 1. The molecule has 0 bridgehead atoms. The average molecular weight is 487 g/mol. The van der Waals surface area contributed by atoms with Gasteiger partial charge in [0.05, 0.1) is 5.69 Å². The molecule has 0 saturated carbocycles. The zero-order valence-corrected chi connectivity index (χ0v) is 15.8. The van der Waals surface area contributed by atoms with Crippen LogP contribution in [0.25, 0.3) is 0 Å². The van der Waals surface area contributed by atoms with Crippen LogP contribution in [0.1, 0.15) is 12.0 Å². The summed E-state index contributed by atoms with van der Waals surface area (Å²) >= 11 is 5.47. The summed E-state index contributed by atoms with van der Waals surface area (Å²) in [6.07, 6.45) is 0.0296. The minimum Gasteiger partial charge on any atom is -0.550 e. The van der Waals surface area contributed by atoms with E-state index in [0.29, 0.717) is 12.1 Å². The first-order chi connectivity index (χ1) is 11.0. The Morgan fingerprint density at radius 1 is 1.13 bits per heavy atom. The number of benzene rings is 2. The van der Waals surface area contributed by atoms with Gasteiger partial charge in [-0.15, -0.1) is 0 Å². The maximum atomic E-state index is 12.5. The van der Waals surface area contributed by atoms with E-state index in [4.69, 9.17) is 0 Å². The highest BCUT2D eigenvalue weighted by Gasteiger charge is 2.20. The van der Waals surface area contributed by atoms with E-state index < -0.39 is 11.9 Å². The molecule has 1 amide bonds. The van der Waals surface area contributed by atoms with Crippen LogP contribution in [0.3, 0.4) is 0 Å². The third-order valence-electron chi connectivity index (χ3n) is 3.31. The molecule has 0 aromatic heterocycles. The largest absolute Gasteiger partial charge is 0.550 e. The van der Waals surface area contributed by atoms with Gasteiger partial charge in [0.25, 0.3) is 0 Å². The van der Waals surface area contributed by atoms with Gasteiger partial charge in [-0.25, -0.2) is 0 Å². The number of anilines is 1. The summed E-state index contributed by atoms with van der Waals surface area (Å²) in [6, 6.07) is 14.8. The van der Waals surface area contributed by atoms with Gasteiger partial charge in [-0.1, -0.05) is 40.2 Å². The Labute approximate surface area is 156 Å². The number of amides is 1. The van der Waals surface area contributed by atoms with Gasteiger partial charge in [0.2, 0.25) is 5.91 Å². The van der Waals surface area contributed by atoms with E-state index in [1.54, 1.807) is 6.07 Å². The molecule has 120 valence electrons. The Morgan fingerprint density at radius 2 is 1.78 bits per heavy atom. The van der Waals surface area contributed by atoms with E-state index >= 15 is 0 Å². The van der Waals surface area contributed by atoms with Gasteiger partial charge < -0.3 is 15.2 Å². The van der Waals surface area contributed by atoms with Crippen LogP contribution in [-0.2, 0) is 16.0 Å². The van der Waals surface area contributed by atoms with E-state index in [1.165, 1.54) is 0 Å². The van der Waals surface area contributed by atoms with E-state index in [1.807, 2.05) is 42.5 Å². The molecule has 23 heavy (non-hydrogen) atoms. The number of nitrogens with one attached hydrogen (secondary N) is 1. The van der Waals surface area contributed by atoms with Crippen LogP contribution in [-0.4, -0.2) is 11.9 Å². The third kappa shape index (κ3) is 5.62. The quantitative estimate of drug-likeness (QED) is 0.638. The number of halogens is 2. The van der Waals surface area contributed by atoms with Gasteiger partial charge >= 0.3 is 0 Å². The van der Waals surface area contributed by atoms with Gasteiger partial charge in [0.1, 0.15) is 0 Å². The first-order valence-corrected chi connectivity index (χ1v) is 8.82. The summed E-state index contributed by atoms with van der Waals surface area (Å²) in [5.41, 5.74) is 1.58. The Kier molecular flexibility index (Phi) is 6.59. The predicted octanol–water partition coefficient (Wildman–Crippen LogP) is 2.99. The van der Waals surface area contributed by atoms with E-state index in [9.17, 15) is 14.7 Å². The predicted molar refractivity (Wildman–Crippen MR) is 98.7 cm³/mol. The molecule has 0 heterocycles. The molecule has 0 aliphatic heterocycles. The van der Waals surface area contributed by atoms with Crippen LogP contribution in [0.4, 0.5) is 5.69 Å². The smallest absolute Gasteiger partial charge is 0.228 e. The highest BCUT2D eigenvalue weighted by atomic mass is 127. The van der Waals surface area contributed by atoms with Crippen molar-refractivity contribution in [3.8, 4) is 0 Å². The standard InChI is InChI=1S/C17H15BrINO3/c18-13-7-5-11(6-8-13)9-12(10-16(21)22)17(23)20-15-4-2-1-3-14(15)19/h1-8,12H,9-10H2,(H,20,23)(H,21,22)/p-1. The number of carboxylic acids is 1. The van der Waals surface area contributed by atoms with Crippen molar-refractivity contribution in [3.63, 3.8) is 0 Å². The molecule has 2 aromatic carbocycles. The summed E-state index contributed by atoms with van der Waals surface area (Å²) in [5.74, 6) is -2.23. The van der Waals surface area contributed by atoms with Crippen molar-refractivity contribution in [1.82, 2.24) is 0 Å². The second-order valence-electron chi connectivity index (χ2n) is 5.07. The lowest BCUT2D eigenvalue weighted by atomic mass is 9.95. The molecule has 1 atom stereocenters. The highest BCUT2D eigenvalue weighted by Crippen LogP contribution is 2.21. The lowest BCUT2D eigenvalue weighted by Crippen LogP contribution is -2.32. The Morgan fingerprint density at radius 3 is 2.39 bits per heavy atom. The number of para-hydroxylation sites is 1. The Balaban J connectivity index is 2.13. The fraction of sp³-hybridized carbons (Fsp3) is 0.176. The van der Waals surface area contributed by atoms with Crippen molar-refractivity contribution in [3.05, 3.63) is 62.1 Å². The summed E-state index contributed by atoms with van der Waals surface area (Å²) in [4.78, 5) is 23.4. The third-order valence-corrected chi connectivity index (χ3v) is 4.78. The van der Waals surface area contributed by atoms with Crippen molar-refractivity contribution in [2.75, 3.05) is 5.32 Å². The molecule has 6 heteroatoms. The van der Waals surface area contributed by atoms with E-state index in [-0.39, 0.29) is 12.3 Å². The maximum absolute atomic E-state index is 12.5. The maximum Gasteiger partial charge on any atom is 0.228 e.